The van der Waals surface area contributed by atoms with E-state index in [0.717, 1.165) is 51.9 Å². The highest BCUT2D eigenvalue weighted by Crippen LogP contribution is 2.47. The summed E-state index contributed by atoms with van der Waals surface area (Å²) in [5, 5.41) is 9.79. The molecule has 0 N–H and O–H groups in total. The van der Waals surface area contributed by atoms with Crippen LogP contribution in [0.25, 0.3) is 65.4 Å². The number of hydrogen-bond acceptors (Lipinski definition) is 3. The highest BCUT2D eigenvalue weighted by atomic mass is 16.5. The molecule has 3 heteroatoms. The molecular formula is C54H37NO2. The van der Waals surface area contributed by atoms with Gasteiger partial charge in [-0.2, -0.15) is 0 Å². The molecule has 0 saturated carbocycles. The number of furan rings is 1. The van der Waals surface area contributed by atoms with Crippen LogP contribution in [0.2, 0.25) is 0 Å². The average molecular weight is 732 g/mol. The van der Waals surface area contributed by atoms with Crippen molar-refractivity contribution in [3.05, 3.63) is 211 Å². The molecule has 3 aliphatic rings. The second kappa shape index (κ2) is 12.7. The highest BCUT2D eigenvalue weighted by molar-refractivity contribution is 6.12. The number of para-hydroxylation sites is 1. The quantitative estimate of drug-likeness (QED) is 0.165. The zero-order valence-electron chi connectivity index (χ0n) is 31.2. The molecule has 270 valence electrons. The summed E-state index contributed by atoms with van der Waals surface area (Å²) in [7, 11) is 0. The molecule has 57 heavy (non-hydrogen) atoms. The Kier molecular flexibility index (Phi) is 7.18. The van der Waals surface area contributed by atoms with Gasteiger partial charge in [0.25, 0.3) is 0 Å². The molecule has 9 aromatic rings. The van der Waals surface area contributed by atoms with Crippen LogP contribution in [0.1, 0.15) is 24.3 Å². The molecule has 0 spiro atoms. The molecule has 12 rings (SSSR count). The van der Waals surface area contributed by atoms with Crippen molar-refractivity contribution in [2.75, 3.05) is 4.90 Å². The minimum Gasteiger partial charge on any atom is -0.485 e. The van der Waals surface area contributed by atoms with E-state index in [1.54, 1.807) is 0 Å². The van der Waals surface area contributed by atoms with Gasteiger partial charge in [-0.3, -0.25) is 0 Å². The maximum Gasteiger partial charge on any atom is 0.135 e. The van der Waals surface area contributed by atoms with Crippen LogP contribution < -0.4 is 9.64 Å². The minimum absolute atomic E-state index is 0.00957. The fourth-order valence-corrected chi connectivity index (χ4v) is 9.51. The first-order chi connectivity index (χ1) is 28.2. The summed E-state index contributed by atoms with van der Waals surface area (Å²) in [5.74, 6) is 1.13. The van der Waals surface area contributed by atoms with E-state index < -0.39 is 0 Å². The number of fused-ring (bicyclic) bond motifs is 10. The molecule has 0 amide bonds. The number of ether oxygens (including phenoxy) is 1. The first kappa shape index (κ1) is 32.2. The molecule has 2 unspecified atom stereocenters. The van der Waals surface area contributed by atoms with Gasteiger partial charge in [0.15, 0.2) is 0 Å². The maximum atomic E-state index is 6.55. The Balaban J connectivity index is 1.01. The van der Waals surface area contributed by atoms with Crippen LogP contribution in [0.15, 0.2) is 209 Å². The van der Waals surface area contributed by atoms with Gasteiger partial charge in [0.1, 0.15) is 23.0 Å². The largest absolute Gasteiger partial charge is 0.485 e. The van der Waals surface area contributed by atoms with Crippen molar-refractivity contribution in [2.45, 2.75) is 24.9 Å². The Morgan fingerprint density at radius 1 is 0.544 bits per heavy atom. The van der Waals surface area contributed by atoms with Crippen LogP contribution in [0.4, 0.5) is 11.4 Å². The highest BCUT2D eigenvalue weighted by Gasteiger charge is 2.35. The lowest BCUT2D eigenvalue weighted by atomic mass is 9.84. The van der Waals surface area contributed by atoms with Gasteiger partial charge < -0.3 is 14.1 Å². The third kappa shape index (κ3) is 5.19. The van der Waals surface area contributed by atoms with Crippen molar-refractivity contribution in [1.29, 1.82) is 0 Å². The van der Waals surface area contributed by atoms with E-state index in [2.05, 4.69) is 187 Å². The van der Waals surface area contributed by atoms with Gasteiger partial charge >= 0.3 is 0 Å². The van der Waals surface area contributed by atoms with Crippen molar-refractivity contribution in [3.63, 3.8) is 0 Å². The van der Waals surface area contributed by atoms with Crippen molar-refractivity contribution < 1.29 is 9.15 Å². The maximum absolute atomic E-state index is 6.55. The van der Waals surface area contributed by atoms with Crippen LogP contribution in [-0.4, -0.2) is 6.10 Å². The number of nitrogens with zero attached hydrogens (tertiary/aromatic N) is 1. The van der Waals surface area contributed by atoms with Crippen molar-refractivity contribution >= 4 is 65.6 Å². The first-order valence-corrected chi connectivity index (χ1v) is 20.0. The molecule has 0 fully saturated rings. The number of rotatable bonds is 5. The fourth-order valence-electron chi connectivity index (χ4n) is 9.51. The lowest BCUT2D eigenvalue weighted by Gasteiger charge is -2.32. The summed E-state index contributed by atoms with van der Waals surface area (Å²) in [5.41, 5.74) is 11.5. The summed E-state index contributed by atoms with van der Waals surface area (Å²) < 4.78 is 12.9. The number of hydrogen-bond donors (Lipinski definition) is 0. The lowest BCUT2D eigenvalue weighted by Crippen LogP contribution is -2.22. The van der Waals surface area contributed by atoms with Crippen molar-refractivity contribution in [2.24, 2.45) is 0 Å². The summed E-state index contributed by atoms with van der Waals surface area (Å²) in [6.07, 6.45) is 13.5. The third-order valence-corrected chi connectivity index (χ3v) is 12.2. The molecule has 0 saturated heterocycles. The fraction of sp³-hybridized carbons (Fsp3) is 0.0741. The molecule has 0 bridgehead atoms. The monoisotopic (exact) mass is 731 g/mol. The first-order valence-electron chi connectivity index (χ1n) is 20.0. The number of anilines is 2. The third-order valence-electron chi connectivity index (χ3n) is 12.2. The van der Waals surface area contributed by atoms with E-state index in [4.69, 9.17) is 9.15 Å². The van der Waals surface area contributed by atoms with Crippen molar-refractivity contribution in [3.8, 4) is 16.9 Å². The minimum atomic E-state index is -0.00957. The number of allylic oxidation sites excluding steroid dienone is 6. The molecular weight excluding hydrogens is 695 g/mol. The molecule has 1 aliphatic heterocycles. The van der Waals surface area contributed by atoms with Gasteiger partial charge in [-0.05, 0) is 116 Å². The zero-order chi connectivity index (χ0) is 37.5. The smallest absolute Gasteiger partial charge is 0.135 e. The molecule has 2 atom stereocenters. The molecule has 0 radical (unpaired) electrons. The van der Waals surface area contributed by atoms with Gasteiger partial charge in [0, 0.05) is 44.9 Å². The van der Waals surface area contributed by atoms with Crippen LogP contribution in [0, 0.1) is 0 Å². The lowest BCUT2D eigenvalue weighted by molar-refractivity contribution is 0.268. The number of benzene rings is 8. The SMILES string of the molecule is C1=CC(C2=CC3c4cc5ccccc5cc4OC3C=C2)=C(N(c2ccc(-c3cccc4c3ccc3ccccc34)cc2)c2ccc3oc4ccccc4c3c2)CC1. The summed E-state index contributed by atoms with van der Waals surface area (Å²) >= 11 is 0. The Labute approximate surface area is 330 Å². The van der Waals surface area contributed by atoms with Crippen LogP contribution in [0.3, 0.4) is 0 Å². The second-order valence-electron chi connectivity index (χ2n) is 15.5. The summed E-state index contributed by atoms with van der Waals surface area (Å²) in [6.45, 7) is 0. The molecule has 2 aliphatic carbocycles. The summed E-state index contributed by atoms with van der Waals surface area (Å²) in [4.78, 5) is 2.48. The van der Waals surface area contributed by atoms with Crippen molar-refractivity contribution in [1.82, 2.24) is 0 Å². The van der Waals surface area contributed by atoms with E-state index in [0.29, 0.717) is 0 Å². The predicted molar refractivity (Wildman–Crippen MR) is 236 cm³/mol. The summed E-state index contributed by atoms with van der Waals surface area (Å²) in [6, 6.07) is 57.1. The van der Waals surface area contributed by atoms with E-state index in [1.807, 2.05) is 6.07 Å². The van der Waals surface area contributed by atoms with Gasteiger partial charge in [0.2, 0.25) is 0 Å². The Morgan fingerprint density at radius 3 is 2.19 bits per heavy atom. The van der Waals surface area contributed by atoms with E-state index >= 15 is 0 Å². The predicted octanol–water partition coefficient (Wildman–Crippen LogP) is 14.5. The molecule has 8 aromatic carbocycles. The van der Waals surface area contributed by atoms with E-state index in [1.165, 1.54) is 65.9 Å². The molecule has 1 aromatic heterocycles. The molecule has 2 heterocycles. The van der Waals surface area contributed by atoms with Crippen LogP contribution in [0.5, 0.6) is 5.75 Å². The normalized spacial score (nSPS) is 17.4. The Hall–Kier alpha value is -7.10. The Morgan fingerprint density at radius 2 is 1.30 bits per heavy atom. The van der Waals surface area contributed by atoms with Gasteiger partial charge in [-0.15, -0.1) is 0 Å². The van der Waals surface area contributed by atoms with E-state index in [9.17, 15) is 0 Å². The van der Waals surface area contributed by atoms with Gasteiger partial charge in [-0.1, -0.05) is 133 Å². The van der Waals surface area contributed by atoms with Crippen LogP contribution in [-0.2, 0) is 0 Å². The van der Waals surface area contributed by atoms with E-state index in [-0.39, 0.29) is 12.0 Å². The average Bonchev–Trinajstić information content (AvgIpc) is 3.83. The second-order valence-corrected chi connectivity index (χ2v) is 15.5. The standard InChI is InChI=1S/C54H37NO2/c1-2-12-37-32-54-48(30-36(37)11-1)47-31-38(23-28-52(47)57-54)43-14-5-7-18-50(43)55(40-26-29-53-49(33-40)46-15-6-8-19-51(46)56-53)39-24-20-35(21-25-39)42-16-9-17-44-41-13-4-3-10-34(41)22-27-45(42)44/h1-6,8-17,19-33,47,52H,7,18H2. The van der Waals surface area contributed by atoms with Gasteiger partial charge in [-0.25, -0.2) is 0 Å². The Bertz CT molecular complexity index is 3230. The zero-order valence-corrected chi connectivity index (χ0v) is 31.2. The van der Waals surface area contributed by atoms with Gasteiger partial charge in [0.05, 0.1) is 0 Å². The molecule has 3 nitrogen and oxygen atoms in total. The topological polar surface area (TPSA) is 25.6 Å². The van der Waals surface area contributed by atoms with Crippen LogP contribution >= 0.6 is 0 Å².